The summed E-state index contributed by atoms with van der Waals surface area (Å²) in [4.78, 5) is 11.5. The highest BCUT2D eigenvalue weighted by Gasteiger charge is 2.09. The van der Waals surface area contributed by atoms with Crippen molar-refractivity contribution < 1.29 is 9.53 Å². The van der Waals surface area contributed by atoms with Gasteiger partial charge in [0.25, 0.3) is 5.91 Å². The Morgan fingerprint density at radius 3 is 3.20 bits per heavy atom. The number of ether oxygens (including phenoxy) is 1. The number of methoxy groups -OCH3 is 1. The number of carbonyl (C=O) groups excluding carboxylic acids is 1. The SMILES string of the molecule is COCNC(=O)c1cc2ccccn2n1. The molecule has 0 unspecified atom stereocenters. The molecule has 1 N–H and O–H groups in total. The summed E-state index contributed by atoms with van der Waals surface area (Å²) in [6.07, 6.45) is 1.79. The molecule has 0 aliphatic heterocycles. The zero-order valence-corrected chi connectivity index (χ0v) is 8.30. The number of fused-ring (bicyclic) bond motifs is 1. The molecule has 0 bridgehead atoms. The first-order valence-corrected chi connectivity index (χ1v) is 4.53. The lowest BCUT2D eigenvalue weighted by Gasteiger charge is -1.98. The zero-order chi connectivity index (χ0) is 10.7. The van der Waals surface area contributed by atoms with Crippen LogP contribution in [0.3, 0.4) is 0 Å². The first-order chi connectivity index (χ1) is 7.31. The fourth-order valence-electron chi connectivity index (χ4n) is 1.28. The molecule has 0 aliphatic carbocycles. The number of carbonyl (C=O) groups is 1. The maximum atomic E-state index is 11.5. The molecule has 0 atom stereocenters. The van der Waals surface area contributed by atoms with E-state index in [1.165, 1.54) is 7.11 Å². The third-order valence-electron chi connectivity index (χ3n) is 1.98. The zero-order valence-electron chi connectivity index (χ0n) is 8.30. The van der Waals surface area contributed by atoms with Gasteiger partial charge in [-0.1, -0.05) is 6.07 Å². The molecule has 15 heavy (non-hydrogen) atoms. The van der Waals surface area contributed by atoms with Gasteiger partial charge >= 0.3 is 0 Å². The van der Waals surface area contributed by atoms with E-state index in [-0.39, 0.29) is 12.6 Å². The van der Waals surface area contributed by atoms with E-state index in [0.29, 0.717) is 5.69 Å². The fraction of sp³-hybridized carbons (Fsp3) is 0.200. The fourth-order valence-corrected chi connectivity index (χ4v) is 1.28. The summed E-state index contributed by atoms with van der Waals surface area (Å²) in [6.45, 7) is 0.187. The lowest BCUT2D eigenvalue weighted by molar-refractivity contribution is 0.0867. The smallest absolute Gasteiger partial charge is 0.273 e. The Balaban J connectivity index is 2.25. The van der Waals surface area contributed by atoms with E-state index in [0.717, 1.165) is 5.52 Å². The van der Waals surface area contributed by atoms with Gasteiger partial charge in [-0.2, -0.15) is 5.10 Å². The van der Waals surface area contributed by atoms with Gasteiger partial charge in [0.2, 0.25) is 0 Å². The van der Waals surface area contributed by atoms with E-state index in [9.17, 15) is 4.79 Å². The van der Waals surface area contributed by atoms with E-state index >= 15 is 0 Å². The number of nitrogens with zero attached hydrogens (tertiary/aromatic N) is 2. The molecular formula is C10H11N3O2. The van der Waals surface area contributed by atoms with Gasteiger partial charge in [-0.15, -0.1) is 0 Å². The summed E-state index contributed by atoms with van der Waals surface area (Å²) in [5.41, 5.74) is 1.28. The van der Waals surface area contributed by atoms with Crippen LogP contribution in [0.5, 0.6) is 0 Å². The highest BCUT2D eigenvalue weighted by molar-refractivity contribution is 5.93. The minimum atomic E-state index is -0.236. The molecule has 0 saturated heterocycles. The summed E-state index contributed by atoms with van der Waals surface area (Å²) >= 11 is 0. The van der Waals surface area contributed by atoms with Crippen LogP contribution in [0, 0.1) is 0 Å². The van der Waals surface area contributed by atoms with Crippen molar-refractivity contribution in [2.24, 2.45) is 0 Å². The standard InChI is InChI=1S/C10H11N3O2/c1-15-7-11-10(14)9-6-8-4-2-3-5-13(8)12-9/h2-6H,7H2,1H3,(H,11,14). The average molecular weight is 205 g/mol. The average Bonchev–Trinajstić information content (AvgIpc) is 2.69. The second-order valence-corrected chi connectivity index (χ2v) is 3.04. The number of hydrogen-bond acceptors (Lipinski definition) is 3. The molecule has 2 heterocycles. The Kier molecular flexibility index (Phi) is 2.64. The predicted molar refractivity (Wildman–Crippen MR) is 54.5 cm³/mol. The van der Waals surface area contributed by atoms with Gasteiger partial charge in [-0.25, -0.2) is 4.52 Å². The number of pyridine rings is 1. The maximum Gasteiger partial charge on any atom is 0.273 e. The number of rotatable bonds is 3. The molecule has 0 saturated carbocycles. The Morgan fingerprint density at radius 1 is 1.60 bits per heavy atom. The minimum Gasteiger partial charge on any atom is -0.364 e. The molecular weight excluding hydrogens is 194 g/mol. The molecule has 1 amide bonds. The monoisotopic (exact) mass is 205 g/mol. The van der Waals surface area contributed by atoms with E-state index in [1.807, 2.05) is 18.2 Å². The number of nitrogens with one attached hydrogen (secondary N) is 1. The molecule has 0 radical (unpaired) electrons. The molecule has 5 nitrogen and oxygen atoms in total. The normalized spacial score (nSPS) is 10.5. The molecule has 0 fully saturated rings. The number of amides is 1. The lowest BCUT2D eigenvalue weighted by atomic mass is 10.3. The highest BCUT2D eigenvalue weighted by Crippen LogP contribution is 2.05. The van der Waals surface area contributed by atoms with Crippen LogP contribution in [0.25, 0.3) is 5.52 Å². The predicted octanol–water partition coefficient (Wildman–Crippen LogP) is 0.668. The summed E-state index contributed by atoms with van der Waals surface area (Å²) in [5, 5.41) is 6.69. The second-order valence-electron chi connectivity index (χ2n) is 3.04. The van der Waals surface area contributed by atoms with Crippen molar-refractivity contribution in [1.29, 1.82) is 0 Å². The third-order valence-corrected chi connectivity index (χ3v) is 1.98. The van der Waals surface area contributed by atoms with Gasteiger partial charge in [0.15, 0.2) is 5.69 Å². The van der Waals surface area contributed by atoms with Crippen LogP contribution in [0.1, 0.15) is 10.5 Å². The molecule has 0 aliphatic rings. The van der Waals surface area contributed by atoms with Crippen molar-refractivity contribution in [2.75, 3.05) is 13.8 Å². The Labute approximate surface area is 86.7 Å². The first-order valence-electron chi connectivity index (χ1n) is 4.53. The van der Waals surface area contributed by atoms with Crippen molar-refractivity contribution in [3.8, 4) is 0 Å². The first kappa shape index (κ1) is 9.67. The third kappa shape index (κ3) is 1.97. The van der Waals surface area contributed by atoms with E-state index in [2.05, 4.69) is 10.4 Å². The molecule has 2 rings (SSSR count). The van der Waals surface area contributed by atoms with Gasteiger partial charge in [-0.05, 0) is 18.2 Å². The summed E-state index contributed by atoms with van der Waals surface area (Å²) in [6, 6.07) is 7.37. The lowest BCUT2D eigenvalue weighted by Crippen LogP contribution is -2.25. The molecule has 0 spiro atoms. The maximum absolute atomic E-state index is 11.5. The molecule has 5 heteroatoms. The van der Waals surface area contributed by atoms with Gasteiger partial charge in [0.05, 0.1) is 5.52 Å². The molecule has 2 aromatic heterocycles. The van der Waals surface area contributed by atoms with Crippen LogP contribution in [-0.4, -0.2) is 29.4 Å². The van der Waals surface area contributed by atoms with Crippen molar-refractivity contribution in [3.63, 3.8) is 0 Å². The minimum absolute atomic E-state index is 0.187. The van der Waals surface area contributed by atoms with Crippen LogP contribution in [-0.2, 0) is 4.74 Å². The van der Waals surface area contributed by atoms with Gasteiger partial charge in [-0.3, -0.25) is 4.79 Å². The number of hydrogen-bond donors (Lipinski definition) is 1. The van der Waals surface area contributed by atoms with Crippen LogP contribution in [0.15, 0.2) is 30.5 Å². The van der Waals surface area contributed by atoms with Gasteiger partial charge in [0, 0.05) is 13.3 Å². The Hall–Kier alpha value is -1.88. The summed E-state index contributed by atoms with van der Waals surface area (Å²) < 4.78 is 6.40. The van der Waals surface area contributed by atoms with Gasteiger partial charge < -0.3 is 10.1 Å². The summed E-state index contributed by atoms with van der Waals surface area (Å²) in [7, 11) is 1.52. The van der Waals surface area contributed by atoms with E-state index < -0.39 is 0 Å². The molecule has 2 aromatic rings. The molecule has 78 valence electrons. The topological polar surface area (TPSA) is 55.6 Å². The molecule has 0 aromatic carbocycles. The van der Waals surface area contributed by atoms with Crippen LogP contribution in [0.4, 0.5) is 0 Å². The Bertz CT molecular complexity index is 445. The van der Waals surface area contributed by atoms with Gasteiger partial charge in [0.1, 0.15) is 6.73 Å². The Morgan fingerprint density at radius 2 is 2.47 bits per heavy atom. The van der Waals surface area contributed by atoms with E-state index in [1.54, 1.807) is 16.8 Å². The van der Waals surface area contributed by atoms with Crippen molar-refractivity contribution in [1.82, 2.24) is 14.9 Å². The van der Waals surface area contributed by atoms with Crippen LogP contribution in [0.2, 0.25) is 0 Å². The quantitative estimate of drug-likeness (QED) is 0.749. The largest absolute Gasteiger partial charge is 0.364 e. The second kappa shape index (κ2) is 4.10. The van der Waals surface area contributed by atoms with Crippen LogP contribution < -0.4 is 5.32 Å². The van der Waals surface area contributed by atoms with Crippen LogP contribution >= 0.6 is 0 Å². The summed E-state index contributed by atoms with van der Waals surface area (Å²) in [5.74, 6) is -0.236. The van der Waals surface area contributed by atoms with Crippen molar-refractivity contribution >= 4 is 11.4 Å². The van der Waals surface area contributed by atoms with Crippen molar-refractivity contribution in [3.05, 3.63) is 36.2 Å². The highest BCUT2D eigenvalue weighted by atomic mass is 16.5. The van der Waals surface area contributed by atoms with Crippen molar-refractivity contribution in [2.45, 2.75) is 0 Å². The number of aromatic nitrogens is 2. The van der Waals surface area contributed by atoms with E-state index in [4.69, 9.17) is 4.74 Å².